The fourth-order valence-corrected chi connectivity index (χ4v) is 3.51. The summed E-state index contributed by atoms with van der Waals surface area (Å²) in [7, 11) is -3.41. The lowest BCUT2D eigenvalue weighted by atomic mass is 10.3. The molecule has 0 aliphatic carbocycles. The summed E-state index contributed by atoms with van der Waals surface area (Å²) in [5.41, 5.74) is 5.74. The van der Waals surface area contributed by atoms with E-state index in [0.717, 1.165) is 6.42 Å². The van der Waals surface area contributed by atoms with Gasteiger partial charge in [0.2, 0.25) is 10.0 Å². The normalized spacial score (nSPS) is 20.0. The van der Waals surface area contributed by atoms with Crippen LogP contribution >= 0.6 is 12.4 Å². The Balaban J connectivity index is 0.00000180. The average Bonchev–Trinajstić information content (AvgIpc) is 2.78. The van der Waals surface area contributed by atoms with Gasteiger partial charge in [-0.1, -0.05) is 0 Å². The van der Waals surface area contributed by atoms with E-state index in [1.54, 1.807) is 24.3 Å². The van der Waals surface area contributed by atoms with Crippen molar-refractivity contribution in [3.8, 4) is 5.75 Å². The Kier molecular flexibility index (Phi) is 5.61. The molecule has 0 radical (unpaired) electrons. The molecule has 1 aliphatic heterocycles. The Morgan fingerprint density at radius 1 is 1.37 bits per heavy atom. The van der Waals surface area contributed by atoms with Crippen molar-refractivity contribution in [1.29, 1.82) is 0 Å². The van der Waals surface area contributed by atoms with Gasteiger partial charge in [0.15, 0.2) is 0 Å². The summed E-state index contributed by atoms with van der Waals surface area (Å²) in [6.45, 7) is 3.34. The third-order valence-electron chi connectivity index (χ3n) is 2.96. The van der Waals surface area contributed by atoms with Gasteiger partial charge in [0, 0.05) is 19.1 Å². The number of rotatable bonds is 4. The first kappa shape index (κ1) is 16.2. The summed E-state index contributed by atoms with van der Waals surface area (Å²) in [5.74, 6) is 0.676. The number of halogens is 1. The van der Waals surface area contributed by atoms with Gasteiger partial charge in [-0.15, -0.1) is 12.4 Å². The first-order valence-electron chi connectivity index (χ1n) is 6.02. The van der Waals surface area contributed by atoms with Crippen molar-refractivity contribution < 1.29 is 13.2 Å². The van der Waals surface area contributed by atoms with Crippen LogP contribution in [0.15, 0.2) is 29.2 Å². The molecule has 1 aromatic carbocycles. The molecule has 0 amide bonds. The molecule has 0 bridgehead atoms. The molecule has 1 aromatic rings. The lowest BCUT2D eigenvalue weighted by molar-refractivity contribution is 0.340. The van der Waals surface area contributed by atoms with Crippen LogP contribution in [0.1, 0.15) is 13.3 Å². The fraction of sp³-hybridized carbons (Fsp3) is 0.500. The zero-order chi connectivity index (χ0) is 13.2. The second kappa shape index (κ2) is 6.56. The molecule has 5 nitrogen and oxygen atoms in total. The highest BCUT2D eigenvalue weighted by atomic mass is 35.5. The molecule has 108 valence electrons. The number of hydrogen-bond donors (Lipinski definition) is 1. The minimum atomic E-state index is -3.41. The summed E-state index contributed by atoms with van der Waals surface area (Å²) >= 11 is 0. The summed E-state index contributed by atoms with van der Waals surface area (Å²) in [4.78, 5) is 0.292. The van der Waals surface area contributed by atoms with E-state index in [0.29, 0.717) is 30.3 Å². The molecular formula is C12H19ClN2O3S. The minimum absolute atomic E-state index is 0. The molecule has 1 heterocycles. The van der Waals surface area contributed by atoms with Gasteiger partial charge in [0.25, 0.3) is 0 Å². The topological polar surface area (TPSA) is 72.6 Å². The SMILES string of the molecule is CCOc1ccc(S(=O)(=O)N2CC[C@H](N)C2)cc1.Cl. The molecule has 0 spiro atoms. The van der Waals surface area contributed by atoms with Crippen molar-refractivity contribution in [3.63, 3.8) is 0 Å². The van der Waals surface area contributed by atoms with Crippen LogP contribution in [-0.4, -0.2) is 38.5 Å². The predicted molar refractivity (Wildman–Crippen MR) is 76.2 cm³/mol. The van der Waals surface area contributed by atoms with E-state index in [-0.39, 0.29) is 18.4 Å². The van der Waals surface area contributed by atoms with Crippen molar-refractivity contribution in [2.45, 2.75) is 24.3 Å². The van der Waals surface area contributed by atoms with Crippen molar-refractivity contribution in [1.82, 2.24) is 4.31 Å². The first-order chi connectivity index (χ1) is 8.54. The van der Waals surface area contributed by atoms with Crippen LogP contribution in [0.5, 0.6) is 5.75 Å². The number of ether oxygens (including phenoxy) is 1. The summed E-state index contributed by atoms with van der Waals surface area (Å²) in [5, 5.41) is 0. The standard InChI is InChI=1S/C12H18N2O3S.ClH/c1-2-17-11-3-5-12(6-4-11)18(15,16)14-8-7-10(13)9-14;/h3-6,10H,2,7-9,13H2,1H3;1H/t10-;/m0./s1. The van der Waals surface area contributed by atoms with Gasteiger partial charge < -0.3 is 10.5 Å². The molecule has 1 aliphatic rings. The van der Waals surface area contributed by atoms with E-state index in [9.17, 15) is 8.42 Å². The van der Waals surface area contributed by atoms with Gasteiger partial charge in [-0.05, 0) is 37.6 Å². The number of nitrogens with zero attached hydrogens (tertiary/aromatic N) is 1. The third-order valence-corrected chi connectivity index (χ3v) is 4.84. The van der Waals surface area contributed by atoms with Crippen LogP contribution in [0.3, 0.4) is 0 Å². The van der Waals surface area contributed by atoms with E-state index < -0.39 is 10.0 Å². The summed E-state index contributed by atoms with van der Waals surface area (Å²) < 4.78 is 31.3. The average molecular weight is 307 g/mol. The number of sulfonamides is 1. The fourth-order valence-electron chi connectivity index (χ4n) is 2.00. The van der Waals surface area contributed by atoms with Crippen molar-refractivity contribution in [2.75, 3.05) is 19.7 Å². The largest absolute Gasteiger partial charge is 0.494 e. The molecular weight excluding hydrogens is 288 g/mol. The Bertz CT molecular complexity index is 504. The van der Waals surface area contributed by atoms with Crippen LogP contribution < -0.4 is 10.5 Å². The van der Waals surface area contributed by atoms with E-state index in [1.165, 1.54) is 4.31 Å². The third kappa shape index (κ3) is 3.60. The molecule has 2 rings (SSSR count). The van der Waals surface area contributed by atoms with Crippen LogP contribution in [0.25, 0.3) is 0 Å². The smallest absolute Gasteiger partial charge is 0.243 e. The molecule has 19 heavy (non-hydrogen) atoms. The zero-order valence-corrected chi connectivity index (χ0v) is 12.4. The molecule has 7 heteroatoms. The van der Waals surface area contributed by atoms with Gasteiger partial charge in [0.05, 0.1) is 11.5 Å². The van der Waals surface area contributed by atoms with E-state index in [2.05, 4.69) is 0 Å². The highest BCUT2D eigenvalue weighted by Crippen LogP contribution is 2.22. The lowest BCUT2D eigenvalue weighted by Crippen LogP contribution is -2.31. The maximum absolute atomic E-state index is 12.3. The summed E-state index contributed by atoms with van der Waals surface area (Å²) in [6.07, 6.45) is 0.719. The van der Waals surface area contributed by atoms with Gasteiger partial charge in [-0.25, -0.2) is 8.42 Å². The molecule has 0 saturated carbocycles. The Labute approximate surface area is 120 Å². The second-order valence-electron chi connectivity index (χ2n) is 4.32. The Morgan fingerprint density at radius 2 is 2.00 bits per heavy atom. The van der Waals surface area contributed by atoms with E-state index in [4.69, 9.17) is 10.5 Å². The van der Waals surface area contributed by atoms with Crippen molar-refractivity contribution in [2.24, 2.45) is 5.73 Å². The number of nitrogens with two attached hydrogens (primary N) is 1. The van der Waals surface area contributed by atoms with E-state index in [1.807, 2.05) is 6.92 Å². The maximum atomic E-state index is 12.3. The number of benzene rings is 1. The van der Waals surface area contributed by atoms with Gasteiger partial charge in [-0.2, -0.15) is 4.31 Å². The van der Waals surface area contributed by atoms with Crippen molar-refractivity contribution in [3.05, 3.63) is 24.3 Å². The number of hydrogen-bond acceptors (Lipinski definition) is 4. The summed E-state index contributed by atoms with van der Waals surface area (Å²) in [6, 6.07) is 6.44. The second-order valence-corrected chi connectivity index (χ2v) is 6.25. The molecule has 1 fully saturated rings. The molecule has 0 unspecified atom stereocenters. The van der Waals surface area contributed by atoms with Crippen LogP contribution in [-0.2, 0) is 10.0 Å². The van der Waals surface area contributed by atoms with Crippen LogP contribution in [0, 0.1) is 0 Å². The molecule has 1 atom stereocenters. The maximum Gasteiger partial charge on any atom is 0.243 e. The van der Waals surface area contributed by atoms with Crippen molar-refractivity contribution >= 4 is 22.4 Å². The first-order valence-corrected chi connectivity index (χ1v) is 7.46. The van der Waals surface area contributed by atoms with E-state index >= 15 is 0 Å². The predicted octanol–water partition coefficient (Wildman–Crippen LogP) is 1.23. The lowest BCUT2D eigenvalue weighted by Gasteiger charge is -2.16. The minimum Gasteiger partial charge on any atom is -0.494 e. The Morgan fingerprint density at radius 3 is 2.47 bits per heavy atom. The molecule has 2 N–H and O–H groups in total. The Hall–Kier alpha value is -0.820. The molecule has 1 saturated heterocycles. The van der Waals surface area contributed by atoms with Gasteiger partial charge >= 0.3 is 0 Å². The quantitative estimate of drug-likeness (QED) is 0.908. The monoisotopic (exact) mass is 306 g/mol. The zero-order valence-electron chi connectivity index (χ0n) is 10.8. The molecule has 0 aromatic heterocycles. The van der Waals surface area contributed by atoms with Gasteiger partial charge in [0.1, 0.15) is 5.75 Å². The highest BCUT2D eigenvalue weighted by molar-refractivity contribution is 7.89. The highest BCUT2D eigenvalue weighted by Gasteiger charge is 2.30. The van der Waals surface area contributed by atoms with Crippen LogP contribution in [0.2, 0.25) is 0 Å². The van der Waals surface area contributed by atoms with Gasteiger partial charge in [-0.3, -0.25) is 0 Å². The van der Waals surface area contributed by atoms with Crippen LogP contribution in [0.4, 0.5) is 0 Å².